The molecule has 0 aliphatic heterocycles. The van der Waals surface area contributed by atoms with Gasteiger partial charge >= 0.3 is 12.1 Å². The number of nitrogens with zero attached hydrogens (tertiary/aromatic N) is 1. The quantitative estimate of drug-likeness (QED) is 0.474. The largest absolute Gasteiger partial charge is 0.466 e. The Morgan fingerprint density at radius 2 is 2.00 bits per heavy atom. The van der Waals surface area contributed by atoms with Crippen LogP contribution in [0.15, 0.2) is 18.3 Å². The molecule has 0 atom stereocenters. The van der Waals surface area contributed by atoms with Crippen molar-refractivity contribution >= 4 is 11.8 Å². The first-order chi connectivity index (χ1) is 8.34. The van der Waals surface area contributed by atoms with Gasteiger partial charge in [-0.05, 0) is 19.1 Å². The van der Waals surface area contributed by atoms with Crippen LogP contribution in [-0.2, 0) is 15.7 Å². The molecule has 1 aromatic rings. The standard InChI is InChI=1S/C11H10F3NO3/c1-2-18-10(17)5-8(16)7-3-4-9(15-6-7)11(12,13)14/h3-4,6H,2,5H2,1H3. The Bertz CT molecular complexity index is 440. The van der Waals surface area contributed by atoms with Crippen molar-refractivity contribution in [2.24, 2.45) is 0 Å². The number of Topliss-reactive ketones (excluding diaryl/α,β-unsaturated/α-hetero) is 1. The van der Waals surface area contributed by atoms with Gasteiger partial charge in [0, 0.05) is 11.8 Å². The van der Waals surface area contributed by atoms with Gasteiger partial charge in [-0.2, -0.15) is 13.2 Å². The normalized spacial score (nSPS) is 11.1. The van der Waals surface area contributed by atoms with Crippen LogP contribution in [0.5, 0.6) is 0 Å². The molecule has 0 unspecified atom stereocenters. The van der Waals surface area contributed by atoms with Crippen LogP contribution in [0.25, 0.3) is 0 Å². The topological polar surface area (TPSA) is 56.3 Å². The van der Waals surface area contributed by atoms with E-state index in [0.29, 0.717) is 6.07 Å². The van der Waals surface area contributed by atoms with Crippen LogP contribution in [0, 0.1) is 0 Å². The minimum Gasteiger partial charge on any atom is -0.466 e. The zero-order chi connectivity index (χ0) is 13.8. The second kappa shape index (κ2) is 5.61. The zero-order valence-corrected chi connectivity index (χ0v) is 9.45. The fraction of sp³-hybridized carbons (Fsp3) is 0.364. The molecule has 98 valence electrons. The lowest BCUT2D eigenvalue weighted by molar-refractivity contribution is -0.142. The van der Waals surface area contributed by atoms with Crippen LogP contribution >= 0.6 is 0 Å². The monoisotopic (exact) mass is 261 g/mol. The molecule has 0 aliphatic rings. The first-order valence-electron chi connectivity index (χ1n) is 5.06. The van der Waals surface area contributed by atoms with Crippen LogP contribution in [-0.4, -0.2) is 23.3 Å². The van der Waals surface area contributed by atoms with Crippen molar-refractivity contribution < 1.29 is 27.5 Å². The third-order valence-electron chi connectivity index (χ3n) is 1.99. The van der Waals surface area contributed by atoms with Gasteiger partial charge in [0.05, 0.1) is 6.61 Å². The van der Waals surface area contributed by atoms with E-state index >= 15 is 0 Å². The van der Waals surface area contributed by atoms with E-state index in [2.05, 4.69) is 9.72 Å². The maximum Gasteiger partial charge on any atom is 0.433 e. The van der Waals surface area contributed by atoms with Gasteiger partial charge in [-0.1, -0.05) is 0 Å². The van der Waals surface area contributed by atoms with Crippen molar-refractivity contribution in [2.45, 2.75) is 19.5 Å². The number of alkyl halides is 3. The number of rotatable bonds is 4. The van der Waals surface area contributed by atoms with Crippen LogP contribution in [0.2, 0.25) is 0 Å². The number of ether oxygens (including phenoxy) is 1. The number of carbonyl (C=O) groups excluding carboxylic acids is 2. The summed E-state index contributed by atoms with van der Waals surface area (Å²) in [5, 5.41) is 0. The number of pyridine rings is 1. The number of ketones is 1. The van der Waals surface area contributed by atoms with Gasteiger partial charge in [0.15, 0.2) is 5.78 Å². The summed E-state index contributed by atoms with van der Waals surface area (Å²) < 4.78 is 41.2. The molecule has 1 aromatic heterocycles. The maximum absolute atomic E-state index is 12.2. The van der Waals surface area contributed by atoms with Gasteiger partial charge in [0.2, 0.25) is 0 Å². The smallest absolute Gasteiger partial charge is 0.433 e. The van der Waals surface area contributed by atoms with E-state index < -0.39 is 30.0 Å². The Kier molecular flexibility index (Phi) is 4.41. The molecule has 0 bridgehead atoms. The fourth-order valence-electron chi connectivity index (χ4n) is 1.17. The molecular weight excluding hydrogens is 251 g/mol. The minimum absolute atomic E-state index is 0.0592. The van der Waals surface area contributed by atoms with Crippen LogP contribution in [0.4, 0.5) is 13.2 Å². The van der Waals surface area contributed by atoms with Gasteiger partial charge in [0.25, 0.3) is 0 Å². The summed E-state index contributed by atoms with van der Waals surface area (Å²) in [4.78, 5) is 25.6. The van der Waals surface area contributed by atoms with Gasteiger partial charge < -0.3 is 4.74 Å². The third kappa shape index (κ3) is 3.83. The molecule has 0 aromatic carbocycles. The average Bonchev–Trinajstić information content (AvgIpc) is 2.28. The van der Waals surface area contributed by atoms with Crippen molar-refractivity contribution in [1.82, 2.24) is 4.98 Å². The third-order valence-corrected chi connectivity index (χ3v) is 1.99. The second-order valence-electron chi connectivity index (χ2n) is 3.33. The molecule has 0 saturated heterocycles. The summed E-state index contributed by atoms with van der Waals surface area (Å²) in [5.74, 6) is -1.35. The molecule has 4 nitrogen and oxygen atoms in total. The summed E-state index contributed by atoms with van der Waals surface area (Å²) in [6, 6.07) is 1.68. The number of esters is 1. The van der Waals surface area contributed by atoms with Crippen LogP contribution in [0.3, 0.4) is 0 Å². The Hall–Kier alpha value is -1.92. The first-order valence-corrected chi connectivity index (χ1v) is 5.06. The van der Waals surface area contributed by atoms with E-state index in [9.17, 15) is 22.8 Å². The molecule has 0 radical (unpaired) electrons. The summed E-state index contributed by atoms with van der Waals surface area (Å²) >= 11 is 0. The van der Waals surface area contributed by atoms with Gasteiger partial charge in [0.1, 0.15) is 12.1 Å². The highest BCUT2D eigenvalue weighted by molar-refractivity contribution is 6.05. The van der Waals surface area contributed by atoms with Crippen molar-refractivity contribution in [3.8, 4) is 0 Å². The Morgan fingerprint density at radius 1 is 1.33 bits per heavy atom. The van der Waals surface area contributed by atoms with Gasteiger partial charge in [-0.3, -0.25) is 14.6 Å². The second-order valence-corrected chi connectivity index (χ2v) is 3.33. The van der Waals surface area contributed by atoms with E-state index in [1.165, 1.54) is 0 Å². The molecule has 0 N–H and O–H groups in total. The van der Waals surface area contributed by atoms with Crippen LogP contribution in [0.1, 0.15) is 29.4 Å². The van der Waals surface area contributed by atoms with Gasteiger partial charge in [-0.25, -0.2) is 0 Å². The van der Waals surface area contributed by atoms with E-state index in [-0.39, 0.29) is 12.2 Å². The lowest BCUT2D eigenvalue weighted by atomic mass is 10.1. The SMILES string of the molecule is CCOC(=O)CC(=O)c1ccc(C(F)(F)F)nc1. The minimum atomic E-state index is -4.55. The Balaban J connectivity index is 2.74. The van der Waals surface area contributed by atoms with E-state index in [0.717, 1.165) is 12.3 Å². The Labute approximate surface area is 101 Å². The lowest BCUT2D eigenvalue weighted by Crippen LogP contribution is -2.13. The zero-order valence-electron chi connectivity index (χ0n) is 9.45. The van der Waals surface area contributed by atoms with E-state index in [1.54, 1.807) is 6.92 Å². The number of carbonyl (C=O) groups is 2. The number of aromatic nitrogens is 1. The summed E-state index contributed by atoms with van der Waals surface area (Å²) in [6.45, 7) is 1.72. The molecule has 1 rings (SSSR count). The molecule has 0 amide bonds. The number of halogens is 3. The molecule has 1 heterocycles. The number of hydrogen-bond donors (Lipinski definition) is 0. The van der Waals surface area contributed by atoms with Crippen molar-refractivity contribution in [3.63, 3.8) is 0 Å². The predicted octanol–water partition coefficient (Wildman–Crippen LogP) is 2.24. The highest BCUT2D eigenvalue weighted by atomic mass is 19.4. The van der Waals surface area contributed by atoms with E-state index in [1.807, 2.05) is 0 Å². The van der Waals surface area contributed by atoms with Crippen LogP contribution < -0.4 is 0 Å². The molecular formula is C11H10F3NO3. The summed E-state index contributed by atoms with van der Waals surface area (Å²) in [6.07, 6.45) is -4.27. The predicted molar refractivity (Wildman–Crippen MR) is 54.8 cm³/mol. The molecule has 18 heavy (non-hydrogen) atoms. The molecule has 0 aliphatic carbocycles. The first kappa shape index (κ1) is 14.1. The highest BCUT2D eigenvalue weighted by Crippen LogP contribution is 2.27. The Morgan fingerprint density at radius 3 is 2.44 bits per heavy atom. The summed E-state index contributed by atoms with van der Waals surface area (Å²) in [5.41, 5.74) is -1.15. The number of hydrogen-bond acceptors (Lipinski definition) is 4. The van der Waals surface area contributed by atoms with Crippen molar-refractivity contribution in [1.29, 1.82) is 0 Å². The fourth-order valence-corrected chi connectivity index (χ4v) is 1.17. The average molecular weight is 261 g/mol. The van der Waals surface area contributed by atoms with Gasteiger partial charge in [-0.15, -0.1) is 0 Å². The van der Waals surface area contributed by atoms with E-state index in [4.69, 9.17) is 0 Å². The highest BCUT2D eigenvalue weighted by Gasteiger charge is 2.32. The molecule has 7 heteroatoms. The lowest BCUT2D eigenvalue weighted by Gasteiger charge is -2.06. The molecule has 0 fully saturated rings. The molecule has 0 spiro atoms. The van der Waals surface area contributed by atoms with Crippen molar-refractivity contribution in [2.75, 3.05) is 6.61 Å². The molecule has 0 saturated carbocycles. The maximum atomic E-state index is 12.2. The van der Waals surface area contributed by atoms with Crippen molar-refractivity contribution in [3.05, 3.63) is 29.6 Å². The summed E-state index contributed by atoms with van der Waals surface area (Å²) in [7, 11) is 0.